The van der Waals surface area contributed by atoms with E-state index in [0.717, 1.165) is 17.8 Å². The van der Waals surface area contributed by atoms with Gasteiger partial charge in [-0.25, -0.2) is 0 Å². The Kier molecular flexibility index (Phi) is 5.09. The lowest BCUT2D eigenvalue weighted by Gasteiger charge is -2.37. The summed E-state index contributed by atoms with van der Waals surface area (Å²) >= 11 is 1.77. The van der Waals surface area contributed by atoms with Gasteiger partial charge in [0.25, 0.3) is 5.91 Å². The summed E-state index contributed by atoms with van der Waals surface area (Å²) < 4.78 is 0. The lowest BCUT2D eigenvalue weighted by atomic mass is 9.77. The highest BCUT2D eigenvalue weighted by Crippen LogP contribution is 2.50. The van der Waals surface area contributed by atoms with Crippen molar-refractivity contribution in [3.8, 4) is 0 Å². The number of nitrogens with one attached hydrogen (secondary N) is 2. The van der Waals surface area contributed by atoms with Crippen molar-refractivity contribution < 1.29 is 4.79 Å². The number of benzene rings is 3. The van der Waals surface area contributed by atoms with E-state index in [4.69, 9.17) is 0 Å². The standard InChI is InChI=1S/C26H24N2OS/c1-30-20-13-10-17(11-14-20)25-22-9-5-8-21(22)23-16-19(12-15-24(23)28-25)27-26(29)18-6-3-2-4-7-18/h2-8,10-16,21-22,25,28H,9H2,1H3,(H,27,29). The lowest BCUT2D eigenvalue weighted by molar-refractivity contribution is 0.102. The third-order valence-electron chi connectivity index (χ3n) is 6.13. The SMILES string of the molecule is CSc1ccc(C2Nc3ccc(NC(=O)c4ccccc4)cc3C3C=CCC32)cc1. The Bertz CT molecular complexity index is 1090. The molecule has 3 unspecified atom stereocenters. The molecule has 0 saturated heterocycles. The number of fused-ring (bicyclic) bond motifs is 3. The fourth-order valence-electron chi connectivity index (χ4n) is 4.61. The average Bonchev–Trinajstić information content (AvgIpc) is 3.30. The van der Waals surface area contributed by atoms with E-state index in [2.05, 4.69) is 65.4 Å². The Balaban J connectivity index is 1.42. The van der Waals surface area contributed by atoms with Gasteiger partial charge in [-0.05, 0) is 72.2 Å². The normalized spacial score (nSPS) is 21.4. The maximum Gasteiger partial charge on any atom is 0.255 e. The van der Waals surface area contributed by atoms with E-state index in [1.807, 2.05) is 36.4 Å². The zero-order chi connectivity index (χ0) is 20.5. The monoisotopic (exact) mass is 412 g/mol. The number of carbonyl (C=O) groups is 1. The van der Waals surface area contributed by atoms with E-state index in [1.165, 1.54) is 16.0 Å². The zero-order valence-electron chi connectivity index (χ0n) is 16.8. The summed E-state index contributed by atoms with van der Waals surface area (Å²) in [5, 5.41) is 6.83. The van der Waals surface area contributed by atoms with Gasteiger partial charge < -0.3 is 10.6 Å². The number of amides is 1. The summed E-state index contributed by atoms with van der Waals surface area (Å²) in [4.78, 5) is 13.8. The Labute approximate surface area is 181 Å². The first-order chi connectivity index (χ1) is 14.7. The minimum absolute atomic E-state index is 0.0791. The molecule has 2 N–H and O–H groups in total. The van der Waals surface area contributed by atoms with E-state index in [1.54, 1.807) is 11.8 Å². The second-order valence-corrected chi connectivity index (χ2v) is 8.75. The van der Waals surface area contributed by atoms with Gasteiger partial charge in [0.05, 0.1) is 6.04 Å². The second kappa shape index (κ2) is 8.04. The summed E-state index contributed by atoms with van der Waals surface area (Å²) in [5.41, 5.74) is 5.25. The van der Waals surface area contributed by atoms with Crippen molar-refractivity contribution in [2.75, 3.05) is 16.9 Å². The topological polar surface area (TPSA) is 41.1 Å². The Morgan fingerprint density at radius 3 is 2.60 bits per heavy atom. The highest BCUT2D eigenvalue weighted by molar-refractivity contribution is 7.98. The van der Waals surface area contributed by atoms with Gasteiger partial charge in [0.2, 0.25) is 0 Å². The van der Waals surface area contributed by atoms with Gasteiger partial charge >= 0.3 is 0 Å². The summed E-state index contributed by atoms with van der Waals surface area (Å²) in [7, 11) is 0. The molecule has 0 saturated carbocycles. The van der Waals surface area contributed by atoms with Crippen LogP contribution in [0.15, 0.2) is 89.8 Å². The van der Waals surface area contributed by atoms with Crippen molar-refractivity contribution in [2.45, 2.75) is 23.3 Å². The number of carbonyl (C=O) groups excluding carboxylic acids is 1. The highest BCUT2D eigenvalue weighted by atomic mass is 32.2. The molecule has 1 amide bonds. The van der Waals surface area contributed by atoms with Crippen molar-refractivity contribution in [1.29, 1.82) is 0 Å². The third kappa shape index (κ3) is 3.52. The minimum Gasteiger partial charge on any atom is -0.378 e. The fourth-order valence-corrected chi connectivity index (χ4v) is 5.01. The number of allylic oxidation sites excluding steroid dienone is 2. The Morgan fingerprint density at radius 1 is 1.03 bits per heavy atom. The van der Waals surface area contributed by atoms with E-state index in [9.17, 15) is 4.79 Å². The molecule has 2 aliphatic rings. The molecule has 0 radical (unpaired) electrons. The van der Waals surface area contributed by atoms with Crippen LogP contribution >= 0.6 is 11.8 Å². The first kappa shape index (κ1) is 19.0. The van der Waals surface area contributed by atoms with Crippen molar-refractivity contribution in [3.63, 3.8) is 0 Å². The number of anilines is 2. The molecule has 0 spiro atoms. The molecule has 3 atom stereocenters. The molecule has 150 valence electrons. The van der Waals surface area contributed by atoms with Crippen molar-refractivity contribution in [1.82, 2.24) is 0 Å². The summed E-state index contributed by atoms with van der Waals surface area (Å²) in [6.45, 7) is 0. The van der Waals surface area contributed by atoms with Crippen LogP contribution in [0.1, 0.15) is 39.9 Å². The van der Waals surface area contributed by atoms with Crippen LogP contribution in [0.3, 0.4) is 0 Å². The van der Waals surface area contributed by atoms with E-state index in [0.29, 0.717) is 17.4 Å². The maximum absolute atomic E-state index is 12.6. The summed E-state index contributed by atoms with van der Waals surface area (Å²) in [6.07, 6.45) is 7.79. The molecule has 3 aromatic carbocycles. The molecule has 5 rings (SSSR count). The predicted molar refractivity (Wildman–Crippen MR) is 125 cm³/mol. The minimum atomic E-state index is -0.0791. The van der Waals surface area contributed by atoms with Crippen LogP contribution in [0.25, 0.3) is 0 Å². The molecule has 0 aromatic heterocycles. The molecule has 3 aromatic rings. The van der Waals surface area contributed by atoms with Crippen LogP contribution < -0.4 is 10.6 Å². The Hall–Kier alpha value is -2.98. The number of hydrogen-bond donors (Lipinski definition) is 2. The van der Waals surface area contributed by atoms with Crippen LogP contribution in [0, 0.1) is 5.92 Å². The molecule has 1 heterocycles. The first-order valence-electron chi connectivity index (χ1n) is 10.3. The van der Waals surface area contributed by atoms with Crippen molar-refractivity contribution in [2.24, 2.45) is 5.92 Å². The third-order valence-corrected chi connectivity index (χ3v) is 6.88. The van der Waals surface area contributed by atoms with Gasteiger partial charge in [-0.15, -0.1) is 11.8 Å². The van der Waals surface area contributed by atoms with Gasteiger partial charge in [-0.2, -0.15) is 0 Å². The largest absolute Gasteiger partial charge is 0.378 e. The van der Waals surface area contributed by atoms with Gasteiger partial charge in [0, 0.05) is 27.8 Å². The van der Waals surface area contributed by atoms with Crippen molar-refractivity contribution in [3.05, 3.63) is 102 Å². The fraction of sp³-hybridized carbons (Fsp3) is 0.192. The molecule has 30 heavy (non-hydrogen) atoms. The molecular formula is C26H24N2OS. The number of hydrogen-bond acceptors (Lipinski definition) is 3. The molecule has 0 fully saturated rings. The Morgan fingerprint density at radius 2 is 1.83 bits per heavy atom. The van der Waals surface area contributed by atoms with E-state index in [-0.39, 0.29) is 11.9 Å². The zero-order valence-corrected chi connectivity index (χ0v) is 17.7. The number of rotatable bonds is 4. The molecule has 1 aliphatic carbocycles. The predicted octanol–water partition coefficient (Wildman–Crippen LogP) is 6.49. The molecular weight excluding hydrogens is 388 g/mol. The molecule has 3 nitrogen and oxygen atoms in total. The maximum atomic E-state index is 12.6. The van der Waals surface area contributed by atoms with Gasteiger partial charge in [-0.3, -0.25) is 4.79 Å². The van der Waals surface area contributed by atoms with Crippen LogP contribution in [0.2, 0.25) is 0 Å². The van der Waals surface area contributed by atoms with Crippen LogP contribution in [-0.2, 0) is 0 Å². The molecule has 1 aliphatic heterocycles. The van der Waals surface area contributed by atoms with Crippen LogP contribution in [0.5, 0.6) is 0 Å². The second-order valence-electron chi connectivity index (χ2n) is 7.87. The summed E-state index contributed by atoms with van der Waals surface area (Å²) in [5.74, 6) is 0.766. The first-order valence-corrected chi connectivity index (χ1v) is 11.5. The van der Waals surface area contributed by atoms with Gasteiger partial charge in [0.15, 0.2) is 0 Å². The van der Waals surface area contributed by atoms with Crippen LogP contribution in [-0.4, -0.2) is 12.2 Å². The quantitative estimate of drug-likeness (QED) is 0.380. The van der Waals surface area contributed by atoms with E-state index >= 15 is 0 Å². The van der Waals surface area contributed by atoms with Crippen molar-refractivity contribution >= 4 is 29.0 Å². The highest BCUT2D eigenvalue weighted by Gasteiger charge is 2.37. The smallest absolute Gasteiger partial charge is 0.255 e. The number of thioether (sulfide) groups is 1. The molecule has 4 heteroatoms. The van der Waals surface area contributed by atoms with Crippen LogP contribution in [0.4, 0.5) is 11.4 Å². The van der Waals surface area contributed by atoms with Gasteiger partial charge in [-0.1, -0.05) is 42.5 Å². The average molecular weight is 413 g/mol. The summed E-state index contributed by atoms with van der Waals surface area (Å²) in [6, 6.07) is 24.7. The lowest BCUT2D eigenvalue weighted by Crippen LogP contribution is -2.29. The van der Waals surface area contributed by atoms with E-state index < -0.39 is 0 Å². The van der Waals surface area contributed by atoms with Gasteiger partial charge in [0.1, 0.15) is 0 Å². The molecule has 0 bridgehead atoms.